The molecule has 2 rings (SSSR count). The van der Waals surface area contributed by atoms with E-state index in [0.29, 0.717) is 13.2 Å². The van der Waals surface area contributed by atoms with Crippen molar-refractivity contribution in [3.8, 4) is 0 Å². The van der Waals surface area contributed by atoms with Gasteiger partial charge in [-0.05, 0) is 12.1 Å². The summed E-state index contributed by atoms with van der Waals surface area (Å²) in [5.41, 5.74) is 0.903. The summed E-state index contributed by atoms with van der Waals surface area (Å²) in [5, 5.41) is 0. The molecule has 17 heavy (non-hydrogen) atoms. The SMILES string of the molecule is O=C1OCCN1c1ccccc1.O=P(O)(O)O. The molecule has 1 aromatic rings. The van der Waals surface area contributed by atoms with Gasteiger partial charge in [-0.2, -0.15) is 0 Å². The molecule has 0 spiro atoms. The van der Waals surface area contributed by atoms with Crippen LogP contribution in [-0.2, 0) is 9.30 Å². The van der Waals surface area contributed by atoms with Crippen molar-refractivity contribution in [1.82, 2.24) is 0 Å². The van der Waals surface area contributed by atoms with Gasteiger partial charge in [0.1, 0.15) is 6.61 Å². The van der Waals surface area contributed by atoms with Crippen molar-refractivity contribution in [3.05, 3.63) is 30.3 Å². The number of phosphoric acid groups is 1. The highest BCUT2D eigenvalue weighted by atomic mass is 31.2. The first-order chi connectivity index (χ1) is 7.88. The molecule has 1 heterocycles. The Kier molecular flexibility index (Phi) is 4.65. The number of amides is 1. The Bertz CT molecular complexity index is 408. The van der Waals surface area contributed by atoms with E-state index >= 15 is 0 Å². The molecule has 0 bridgehead atoms. The molecule has 0 unspecified atom stereocenters. The average Bonchev–Trinajstić information content (AvgIpc) is 2.63. The number of hydrogen-bond acceptors (Lipinski definition) is 3. The number of benzene rings is 1. The van der Waals surface area contributed by atoms with Gasteiger partial charge in [0.05, 0.1) is 6.54 Å². The van der Waals surface area contributed by atoms with Crippen LogP contribution in [0.5, 0.6) is 0 Å². The molecule has 1 fully saturated rings. The van der Waals surface area contributed by atoms with E-state index in [-0.39, 0.29) is 6.09 Å². The first-order valence-corrected chi connectivity index (χ1v) is 6.22. The molecule has 0 radical (unpaired) electrons. The Morgan fingerprint density at radius 2 is 1.71 bits per heavy atom. The molecule has 94 valence electrons. The summed E-state index contributed by atoms with van der Waals surface area (Å²) >= 11 is 0. The number of nitrogens with zero attached hydrogens (tertiary/aromatic N) is 1. The molecular weight excluding hydrogens is 249 g/mol. The number of ether oxygens (including phenoxy) is 1. The lowest BCUT2D eigenvalue weighted by atomic mass is 10.3. The molecule has 0 aromatic heterocycles. The van der Waals surface area contributed by atoms with Gasteiger partial charge in [-0.3, -0.25) is 4.90 Å². The number of carbonyl (C=O) groups excluding carboxylic acids is 1. The second-order valence-corrected chi connectivity index (χ2v) is 4.14. The molecule has 1 saturated heterocycles. The van der Waals surface area contributed by atoms with Crippen LogP contribution in [0.2, 0.25) is 0 Å². The van der Waals surface area contributed by atoms with Crippen LogP contribution in [-0.4, -0.2) is 33.9 Å². The average molecular weight is 261 g/mol. The zero-order valence-corrected chi connectivity index (χ0v) is 9.66. The third-order valence-electron chi connectivity index (χ3n) is 1.83. The maximum absolute atomic E-state index is 11.1. The van der Waals surface area contributed by atoms with Gasteiger partial charge in [0.25, 0.3) is 0 Å². The number of rotatable bonds is 1. The van der Waals surface area contributed by atoms with Crippen molar-refractivity contribution in [1.29, 1.82) is 0 Å². The third kappa shape index (κ3) is 5.46. The number of carbonyl (C=O) groups is 1. The predicted molar refractivity (Wildman–Crippen MR) is 59.4 cm³/mol. The number of cyclic esters (lactones) is 1. The molecule has 1 aliphatic heterocycles. The first kappa shape index (κ1) is 13.7. The lowest BCUT2D eigenvalue weighted by molar-refractivity contribution is 0.181. The van der Waals surface area contributed by atoms with E-state index in [2.05, 4.69) is 0 Å². The summed E-state index contributed by atoms with van der Waals surface area (Å²) in [6, 6.07) is 9.52. The number of hydrogen-bond donors (Lipinski definition) is 3. The highest BCUT2D eigenvalue weighted by molar-refractivity contribution is 7.45. The lowest BCUT2D eigenvalue weighted by Gasteiger charge is -2.11. The Hall–Kier alpha value is -1.40. The van der Waals surface area contributed by atoms with Gasteiger partial charge in [-0.1, -0.05) is 18.2 Å². The van der Waals surface area contributed by atoms with Crippen molar-refractivity contribution in [2.75, 3.05) is 18.1 Å². The van der Waals surface area contributed by atoms with Gasteiger partial charge in [0, 0.05) is 5.69 Å². The van der Waals surface area contributed by atoms with Crippen LogP contribution in [0.15, 0.2) is 30.3 Å². The minimum absolute atomic E-state index is 0.249. The summed E-state index contributed by atoms with van der Waals surface area (Å²) in [4.78, 5) is 34.3. The monoisotopic (exact) mass is 261 g/mol. The fourth-order valence-corrected chi connectivity index (χ4v) is 1.24. The predicted octanol–water partition coefficient (Wildman–Crippen LogP) is 0.715. The molecular formula is C9H12NO6P. The molecule has 3 N–H and O–H groups in total. The second-order valence-electron chi connectivity index (χ2n) is 3.11. The molecule has 1 aliphatic rings. The zero-order valence-electron chi connectivity index (χ0n) is 8.76. The molecule has 7 nitrogen and oxygen atoms in total. The third-order valence-corrected chi connectivity index (χ3v) is 1.83. The maximum Gasteiger partial charge on any atom is 0.466 e. The Morgan fingerprint density at radius 1 is 1.18 bits per heavy atom. The topological polar surface area (TPSA) is 107 Å². The van der Waals surface area contributed by atoms with E-state index in [9.17, 15) is 4.79 Å². The molecule has 0 aliphatic carbocycles. The fraction of sp³-hybridized carbons (Fsp3) is 0.222. The highest BCUT2D eigenvalue weighted by Crippen LogP contribution is 2.25. The van der Waals surface area contributed by atoms with Gasteiger partial charge < -0.3 is 19.4 Å². The molecule has 0 atom stereocenters. The normalized spacial score (nSPS) is 15.0. The quantitative estimate of drug-likeness (QED) is 0.643. The lowest BCUT2D eigenvalue weighted by Crippen LogP contribution is -2.22. The standard InChI is InChI=1S/C9H9NO2.H3O4P/c11-9-10(6-7-12-9)8-4-2-1-3-5-8;1-5(2,3)4/h1-5H,6-7H2;(H3,1,2,3,4). The van der Waals surface area contributed by atoms with E-state index in [4.69, 9.17) is 24.0 Å². The van der Waals surface area contributed by atoms with Crippen LogP contribution < -0.4 is 4.90 Å². The van der Waals surface area contributed by atoms with E-state index in [0.717, 1.165) is 5.69 Å². The first-order valence-electron chi connectivity index (χ1n) is 4.65. The zero-order chi connectivity index (χ0) is 12.9. The van der Waals surface area contributed by atoms with E-state index < -0.39 is 7.82 Å². The molecule has 1 amide bonds. The van der Waals surface area contributed by atoms with Crippen molar-refractivity contribution in [2.45, 2.75) is 0 Å². The minimum Gasteiger partial charge on any atom is -0.447 e. The largest absolute Gasteiger partial charge is 0.466 e. The van der Waals surface area contributed by atoms with Gasteiger partial charge in [0.15, 0.2) is 0 Å². The van der Waals surface area contributed by atoms with Gasteiger partial charge >= 0.3 is 13.9 Å². The summed E-state index contributed by atoms with van der Waals surface area (Å²) in [6.07, 6.45) is -0.249. The Labute approximate surface area is 97.5 Å². The molecule has 1 aromatic carbocycles. The molecule has 0 saturated carbocycles. The van der Waals surface area contributed by atoms with Gasteiger partial charge in [-0.25, -0.2) is 9.36 Å². The van der Waals surface area contributed by atoms with Crippen LogP contribution in [0.1, 0.15) is 0 Å². The minimum atomic E-state index is -4.64. The van der Waals surface area contributed by atoms with Crippen molar-refractivity contribution >= 4 is 19.6 Å². The summed E-state index contributed by atoms with van der Waals surface area (Å²) in [6.45, 7) is 1.15. The van der Waals surface area contributed by atoms with Gasteiger partial charge in [-0.15, -0.1) is 0 Å². The van der Waals surface area contributed by atoms with Crippen LogP contribution in [0.3, 0.4) is 0 Å². The Morgan fingerprint density at radius 3 is 2.12 bits per heavy atom. The van der Waals surface area contributed by atoms with Crippen LogP contribution in [0.25, 0.3) is 0 Å². The van der Waals surface area contributed by atoms with Gasteiger partial charge in [0.2, 0.25) is 0 Å². The second kappa shape index (κ2) is 5.79. The van der Waals surface area contributed by atoms with Crippen LogP contribution in [0, 0.1) is 0 Å². The van der Waals surface area contributed by atoms with E-state index in [1.54, 1.807) is 4.90 Å². The fourth-order valence-electron chi connectivity index (χ4n) is 1.24. The Balaban J connectivity index is 0.000000249. The van der Waals surface area contributed by atoms with Crippen molar-refractivity contribution < 1.29 is 28.8 Å². The van der Waals surface area contributed by atoms with Crippen LogP contribution in [0.4, 0.5) is 10.5 Å². The summed E-state index contributed by atoms with van der Waals surface area (Å²) in [7, 11) is -4.64. The van der Waals surface area contributed by atoms with E-state index in [1.807, 2.05) is 30.3 Å². The van der Waals surface area contributed by atoms with E-state index in [1.165, 1.54) is 0 Å². The maximum atomic E-state index is 11.1. The number of anilines is 1. The number of para-hydroxylation sites is 1. The molecule has 8 heteroatoms. The van der Waals surface area contributed by atoms with Crippen LogP contribution >= 0.6 is 7.82 Å². The van der Waals surface area contributed by atoms with Crippen molar-refractivity contribution in [3.63, 3.8) is 0 Å². The van der Waals surface area contributed by atoms with Crippen molar-refractivity contribution in [2.24, 2.45) is 0 Å². The summed E-state index contributed by atoms with van der Waals surface area (Å²) in [5.74, 6) is 0. The highest BCUT2D eigenvalue weighted by Gasteiger charge is 2.22. The smallest absolute Gasteiger partial charge is 0.447 e. The summed E-state index contributed by atoms with van der Waals surface area (Å²) < 4.78 is 13.7.